The van der Waals surface area contributed by atoms with Gasteiger partial charge in [0.05, 0.1) is 10.6 Å². The summed E-state index contributed by atoms with van der Waals surface area (Å²) in [5, 5.41) is 3.18. The number of aromatic nitrogens is 2. The summed E-state index contributed by atoms with van der Waals surface area (Å²) < 4.78 is 73.0. The summed E-state index contributed by atoms with van der Waals surface area (Å²) >= 11 is 5.98. The standard InChI is InChI=1S/C24H19ClFN5O4S.H2O4S/c25-16-9-7-14(8-10-16)21-20(30-24(28)31-22(21)27)13-35-18-5-2-4-17(12-18)29-23(32)15-3-1-6-19(11-15)36(26,33)34;1-5(2,3)4/h1-12H,13H2,(H,29,32)(H4,27,28,30,31);(H2,1,2,3,4). The van der Waals surface area contributed by atoms with Crippen molar-refractivity contribution >= 4 is 55.6 Å². The lowest BCUT2D eigenvalue weighted by molar-refractivity contribution is 0.102. The number of halogens is 2. The summed E-state index contributed by atoms with van der Waals surface area (Å²) in [6.07, 6.45) is 0. The molecule has 3 aromatic carbocycles. The van der Waals surface area contributed by atoms with Gasteiger partial charge in [0.25, 0.3) is 5.91 Å². The second kappa shape index (κ2) is 12.9. The molecule has 216 valence electrons. The lowest BCUT2D eigenvalue weighted by Crippen LogP contribution is -2.12. The Bertz CT molecular complexity index is 1780. The number of ether oxygens (including phenoxy) is 1. The SMILES string of the molecule is Nc1nc(N)c(-c2ccc(Cl)cc2)c(COc2cccc(NC(=O)c3cccc(S(=O)(=O)F)c3)c2)n1.O=S(=O)(O)O. The number of rotatable bonds is 7. The monoisotopic (exact) mass is 625 g/mol. The molecule has 0 aliphatic heterocycles. The van der Waals surface area contributed by atoms with E-state index >= 15 is 0 Å². The fraction of sp³-hybridized carbons (Fsp3) is 0.0417. The first kappa shape index (κ1) is 31.2. The Kier molecular flexibility index (Phi) is 9.79. The molecule has 0 aliphatic rings. The molecule has 1 aromatic heterocycles. The third-order valence-corrected chi connectivity index (χ3v) is 6.08. The molecule has 0 aliphatic carbocycles. The minimum Gasteiger partial charge on any atom is -0.487 e. The van der Waals surface area contributed by atoms with Crippen LogP contribution in [0.1, 0.15) is 16.1 Å². The first-order valence-corrected chi connectivity index (χ1v) is 14.2. The topological polar surface area (TPSA) is 225 Å². The molecule has 1 amide bonds. The van der Waals surface area contributed by atoms with E-state index in [2.05, 4.69) is 15.3 Å². The van der Waals surface area contributed by atoms with Crippen molar-refractivity contribution in [3.63, 3.8) is 0 Å². The predicted molar refractivity (Wildman–Crippen MR) is 149 cm³/mol. The fourth-order valence-corrected chi connectivity index (χ4v) is 4.02. The highest BCUT2D eigenvalue weighted by molar-refractivity contribution is 7.86. The summed E-state index contributed by atoms with van der Waals surface area (Å²) in [4.78, 5) is 20.3. The van der Waals surface area contributed by atoms with Gasteiger partial charge >= 0.3 is 20.6 Å². The van der Waals surface area contributed by atoms with E-state index in [-0.39, 0.29) is 23.9 Å². The van der Waals surface area contributed by atoms with Crippen LogP contribution < -0.4 is 21.5 Å². The number of hydrogen-bond donors (Lipinski definition) is 5. The minimum absolute atomic E-state index is 0.0112. The van der Waals surface area contributed by atoms with E-state index in [0.717, 1.165) is 17.7 Å². The van der Waals surface area contributed by atoms with E-state index in [1.165, 1.54) is 12.1 Å². The number of amides is 1. The van der Waals surface area contributed by atoms with Gasteiger partial charge < -0.3 is 21.5 Å². The molecule has 0 saturated carbocycles. The molecule has 0 fully saturated rings. The van der Waals surface area contributed by atoms with E-state index in [1.54, 1.807) is 48.5 Å². The van der Waals surface area contributed by atoms with Crippen molar-refractivity contribution in [3.8, 4) is 16.9 Å². The Balaban J connectivity index is 0.000000850. The number of anilines is 3. The second-order valence-electron chi connectivity index (χ2n) is 7.98. The van der Waals surface area contributed by atoms with Crippen LogP contribution in [0.25, 0.3) is 11.1 Å². The molecule has 7 N–H and O–H groups in total. The molecular weight excluding hydrogens is 605 g/mol. The van der Waals surface area contributed by atoms with Crippen LogP contribution in [0.2, 0.25) is 5.02 Å². The number of benzene rings is 3. The largest absolute Gasteiger partial charge is 0.487 e. The number of hydrogen-bond acceptors (Lipinski definition) is 10. The summed E-state index contributed by atoms with van der Waals surface area (Å²) in [5.74, 6) is -0.0611. The average molecular weight is 626 g/mol. The normalized spacial score (nSPS) is 11.2. The zero-order valence-corrected chi connectivity index (χ0v) is 23.0. The van der Waals surface area contributed by atoms with E-state index in [9.17, 15) is 17.1 Å². The molecule has 0 unspecified atom stereocenters. The predicted octanol–water partition coefficient (Wildman–Crippen LogP) is 3.80. The Hall–Kier alpha value is -4.35. The smallest absolute Gasteiger partial charge is 0.394 e. The van der Waals surface area contributed by atoms with Crippen LogP contribution >= 0.6 is 11.6 Å². The molecule has 13 nitrogen and oxygen atoms in total. The van der Waals surface area contributed by atoms with E-state index < -0.39 is 31.4 Å². The maximum absolute atomic E-state index is 13.3. The number of nitrogens with one attached hydrogen (secondary N) is 1. The molecule has 17 heteroatoms. The summed E-state index contributed by atoms with van der Waals surface area (Å²) in [6.45, 7) is -0.0112. The summed E-state index contributed by atoms with van der Waals surface area (Å²) in [5.41, 5.74) is 14.0. The van der Waals surface area contributed by atoms with Gasteiger partial charge in [-0.3, -0.25) is 13.9 Å². The van der Waals surface area contributed by atoms with Gasteiger partial charge in [-0.1, -0.05) is 35.9 Å². The minimum atomic E-state index is -4.94. The Morgan fingerprint density at radius 3 is 2.22 bits per heavy atom. The van der Waals surface area contributed by atoms with Crippen LogP contribution in [0.15, 0.2) is 77.7 Å². The number of nitrogen functional groups attached to an aromatic ring is 2. The molecule has 1 heterocycles. The van der Waals surface area contributed by atoms with Gasteiger partial charge in [-0.05, 0) is 48.0 Å². The zero-order chi connectivity index (χ0) is 30.4. The third-order valence-electron chi connectivity index (χ3n) is 5.01. The van der Waals surface area contributed by atoms with E-state index in [4.69, 9.17) is 45.3 Å². The van der Waals surface area contributed by atoms with Gasteiger partial charge in [-0.15, -0.1) is 3.89 Å². The van der Waals surface area contributed by atoms with Gasteiger partial charge in [0, 0.05) is 27.9 Å². The van der Waals surface area contributed by atoms with Crippen LogP contribution in [0.3, 0.4) is 0 Å². The van der Waals surface area contributed by atoms with Gasteiger partial charge in [0.2, 0.25) is 5.95 Å². The van der Waals surface area contributed by atoms with Crippen molar-refractivity contribution < 1.29 is 39.4 Å². The Morgan fingerprint density at radius 2 is 1.59 bits per heavy atom. The van der Waals surface area contributed by atoms with Crippen molar-refractivity contribution in [2.45, 2.75) is 11.5 Å². The molecule has 0 spiro atoms. The maximum atomic E-state index is 13.3. The molecule has 41 heavy (non-hydrogen) atoms. The average Bonchev–Trinajstić information content (AvgIpc) is 2.87. The van der Waals surface area contributed by atoms with Crippen molar-refractivity contribution in [1.29, 1.82) is 0 Å². The highest BCUT2D eigenvalue weighted by Gasteiger charge is 2.16. The third kappa shape index (κ3) is 9.66. The van der Waals surface area contributed by atoms with Crippen molar-refractivity contribution in [2.24, 2.45) is 0 Å². The van der Waals surface area contributed by atoms with Gasteiger partial charge in [0.15, 0.2) is 0 Å². The summed E-state index contributed by atoms with van der Waals surface area (Å²) in [7, 11) is -9.61. The Labute approximate surface area is 238 Å². The van der Waals surface area contributed by atoms with Crippen LogP contribution in [0.4, 0.5) is 21.3 Å². The van der Waals surface area contributed by atoms with Crippen LogP contribution in [-0.2, 0) is 27.2 Å². The van der Waals surface area contributed by atoms with Crippen molar-refractivity contribution in [1.82, 2.24) is 9.97 Å². The number of carbonyl (C=O) groups excluding carboxylic acids is 1. The Morgan fingerprint density at radius 1 is 0.951 bits per heavy atom. The van der Waals surface area contributed by atoms with Gasteiger partial charge in [-0.2, -0.15) is 21.8 Å². The number of nitrogens with zero attached hydrogens (tertiary/aromatic N) is 2. The molecular formula is C24H21ClFN5O8S2. The zero-order valence-electron chi connectivity index (χ0n) is 20.6. The van der Waals surface area contributed by atoms with E-state index in [1.807, 2.05) is 0 Å². The van der Waals surface area contributed by atoms with Crippen LogP contribution in [-0.4, -0.2) is 41.8 Å². The lowest BCUT2D eigenvalue weighted by atomic mass is 10.0. The van der Waals surface area contributed by atoms with Crippen molar-refractivity contribution in [2.75, 3.05) is 16.8 Å². The fourth-order valence-electron chi connectivity index (χ4n) is 3.39. The molecule has 4 aromatic rings. The van der Waals surface area contributed by atoms with Crippen LogP contribution in [0.5, 0.6) is 5.75 Å². The first-order chi connectivity index (χ1) is 19.1. The molecule has 0 saturated heterocycles. The maximum Gasteiger partial charge on any atom is 0.394 e. The highest BCUT2D eigenvalue weighted by Crippen LogP contribution is 2.30. The van der Waals surface area contributed by atoms with Gasteiger partial charge in [0.1, 0.15) is 18.2 Å². The summed E-state index contributed by atoms with van der Waals surface area (Å²) in [6, 6.07) is 18.1. The highest BCUT2D eigenvalue weighted by atomic mass is 35.5. The van der Waals surface area contributed by atoms with E-state index in [0.29, 0.717) is 27.7 Å². The van der Waals surface area contributed by atoms with Gasteiger partial charge in [-0.25, -0.2) is 4.98 Å². The van der Waals surface area contributed by atoms with Crippen molar-refractivity contribution in [3.05, 3.63) is 89.1 Å². The first-order valence-electron chi connectivity index (χ1n) is 11.1. The molecule has 0 radical (unpaired) electrons. The second-order valence-corrected chi connectivity index (χ2v) is 10.7. The quantitative estimate of drug-likeness (QED) is 0.146. The lowest BCUT2D eigenvalue weighted by Gasteiger charge is -2.14. The number of nitrogens with two attached hydrogens (primary N) is 2. The molecule has 4 rings (SSSR count). The van der Waals surface area contributed by atoms with Crippen LogP contribution in [0, 0.1) is 0 Å². The molecule has 0 bridgehead atoms. The number of carbonyl (C=O) groups is 1. The molecule has 0 atom stereocenters.